The molecule has 1 aliphatic rings. The lowest BCUT2D eigenvalue weighted by molar-refractivity contribution is -0.115. The molecule has 1 atom stereocenters. The van der Waals surface area contributed by atoms with Gasteiger partial charge >= 0.3 is 0 Å². The lowest BCUT2D eigenvalue weighted by Gasteiger charge is -2.12. The molecule has 1 amide bonds. The lowest BCUT2D eigenvalue weighted by atomic mass is 10.1. The highest BCUT2D eigenvalue weighted by molar-refractivity contribution is 8.00. The van der Waals surface area contributed by atoms with Crippen LogP contribution in [0.5, 0.6) is 0 Å². The van der Waals surface area contributed by atoms with E-state index < -0.39 is 0 Å². The Bertz CT molecular complexity index is 742. The number of carbonyl (C=O) groups is 1. The molecule has 0 fully saturated rings. The summed E-state index contributed by atoms with van der Waals surface area (Å²) >= 11 is 1.31. The Morgan fingerprint density at radius 2 is 2.10 bits per heavy atom. The van der Waals surface area contributed by atoms with Gasteiger partial charge in [0.1, 0.15) is 0 Å². The maximum Gasteiger partial charge on any atom is 0.251 e. The number of fused-ring (bicyclic) bond motifs is 1. The third-order valence-corrected chi connectivity index (χ3v) is 4.50. The van der Waals surface area contributed by atoms with E-state index in [0.29, 0.717) is 17.3 Å². The average molecular weight is 301 g/mol. The molecular formula is C15H15N3O2S. The third-order valence-electron chi connectivity index (χ3n) is 3.35. The second kappa shape index (κ2) is 5.73. The van der Waals surface area contributed by atoms with E-state index in [-0.39, 0.29) is 16.7 Å². The number of anilines is 1. The number of rotatable bonds is 2. The summed E-state index contributed by atoms with van der Waals surface area (Å²) in [5.74, 6) is -0.0471. The minimum absolute atomic E-state index is 0.0471. The van der Waals surface area contributed by atoms with Gasteiger partial charge in [0.25, 0.3) is 5.56 Å². The van der Waals surface area contributed by atoms with Crippen LogP contribution in [0.4, 0.5) is 5.69 Å². The first-order chi connectivity index (χ1) is 10.1. The highest BCUT2D eigenvalue weighted by atomic mass is 32.2. The van der Waals surface area contributed by atoms with Gasteiger partial charge in [0.05, 0.1) is 5.25 Å². The topological polar surface area (TPSA) is 74.8 Å². The smallest absolute Gasteiger partial charge is 0.251 e. The van der Waals surface area contributed by atoms with Crippen molar-refractivity contribution in [2.45, 2.75) is 30.2 Å². The van der Waals surface area contributed by atoms with Gasteiger partial charge in [0.2, 0.25) is 5.91 Å². The molecule has 1 aliphatic heterocycles. The van der Waals surface area contributed by atoms with Crippen molar-refractivity contribution in [2.75, 3.05) is 5.32 Å². The van der Waals surface area contributed by atoms with Crippen LogP contribution in [-0.4, -0.2) is 21.1 Å². The summed E-state index contributed by atoms with van der Waals surface area (Å²) in [4.78, 5) is 30.7. The highest BCUT2D eigenvalue weighted by Gasteiger charge is 2.25. The zero-order valence-corrected chi connectivity index (χ0v) is 12.4. The lowest BCUT2D eigenvalue weighted by Crippen LogP contribution is -2.24. The Labute approximate surface area is 126 Å². The Morgan fingerprint density at radius 1 is 1.29 bits per heavy atom. The number of aromatic nitrogens is 2. The van der Waals surface area contributed by atoms with E-state index in [0.717, 1.165) is 17.7 Å². The van der Waals surface area contributed by atoms with Crippen LogP contribution in [0.25, 0.3) is 0 Å². The van der Waals surface area contributed by atoms with Crippen LogP contribution in [0.15, 0.2) is 40.3 Å². The molecule has 0 spiro atoms. The third kappa shape index (κ3) is 3.16. The van der Waals surface area contributed by atoms with Crippen molar-refractivity contribution in [1.29, 1.82) is 0 Å². The quantitative estimate of drug-likeness (QED) is 0.833. The number of carbonyl (C=O) groups excluding carboxylic acids is 1. The van der Waals surface area contributed by atoms with Gasteiger partial charge in [-0.3, -0.25) is 9.59 Å². The van der Waals surface area contributed by atoms with Gasteiger partial charge in [-0.15, -0.1) is 0 Å². The van der Waals surface area contributed by atoms with Gasteiger partial charge in [-0.05, 0) is 31.4 Å². The zero-order valence-electron chi connectivity index (χ0n) is 11.6. The first-order valence-corrected chi connectivity index (χ1v) is 7.63. The predicted molar refractivity (Wildman–Crippen MR) is 82.6 cm³/mol. The second-order valence-corrected chi connectivity index (χ2v) is 6.17. The Morgan fingerprint density at radius 3 is 2.90 bits per heavy atom. The minimum atomic E-state index is -0.262. The van der Waals surface area contributed by atoms with E-state index >= 15 is 0 Å². The number of benzene rings is 1. The van der Waals surface area contributed by atoms with Crippen molar-refractivity contribution in [3.8, 4) is 0 Å². The number of nitrogens with one attached hydrogen (secondary N) is 2. The van der Waals surface area contributed by atoms with Crippen molar-refractivity contribution in [3.05, 3.63) is 51.9 Å². The molecule has 1 unspecified atom stereocenters. The summed E-state index contributed by atoms with van der Waals surface area (Å²) in [6, 6.07) is 9.25. The first kappa shape index (κ1) is 13.9. The average Bonchev–Trinajstić information content (AvgIpc) is 2.58. The number of aromatic amines is 1. The molecule has 0 radical (unpaired) electrons. The standard InChI is InChI=1S/C15H15N3O2S/c1-9-8-13(19)18-15(16-9)21-12-7-6-10-4-2-3-5-11(10)17-14(12)20/h2-5,8,12H,6-7H2,1H3,(H,17,20)(H,16,18,19). The monoisotopic (exact) mass is 301 g/mol. The normalized spacial score (nSPS) is 17.8. The molecule has 0 aliphatic carbocycles. The number of hydrogen-bond acceptors (Lipinski definition) is 4. The number of aryl methyl sites for hydroxylation is 2. The number of para-hydroxylation sites is 1. The van der Waals surface area contributed by atoms with E-state index in [1.165, 1.54) is 17.8 Å². The zero-order chi connectivity index (χ0) is 14.8. The van der Waals surface area contributed by atoms with Crippen molar-refractivity contribution in [3.63, 3.8) is 0 Å². The fraction of sp³-hybridized carbons (Fsp3) is 0.267. The number of H-pyrrole nitrogens is 1. The molecule has 5 nitrogen and oxygen atoms in total. The van der Waals surface area contributed by atoms with E-state index in [4.69, 9.17) is 0 Å². The molecule has 2 heterocycles. The van der Waals surface area contributed by atoms with Crippen molar-refractivity contribution in [1.82, 2.24) is 9.97 Å². The first-order valence-electron chi connectivity index (χ1n) is 6.75. The molecule has 0 saturated carbocycles. The SMILES string of the molecule is Cc1cc(=O)[nH]c(SC2CCc3ccccc3NC2=O)n1. The molecule has 2 N–H and O–H groups in total. The molecule has 0 saturated heterocycles. The van der Waals surface area contributed by atoms with E-state index in [9.17, 15) is 9.59 Å². The minimum Gasteiger partial charge on any atom is -0.325 e. The van der Waals surface area contributed by atoms with Crippen LogP contribution in [0.2, 0.25) is 0 Å². The molecule has 21 heavy (non-hydrogen) atoms. The Hall–Kier alpha value is -2.08. The number of hydrogen-bond donors (Lipinski definition) is 2. The van der Waals surface area contributed by atoms with Gasteiger partial charge in [0, 0.05) is 17.4 Å². The van der Waals surface area contributed by atoms with E-state index in [1.54, 1.807) is 6.92 Å². The maximum absolute atomic E-state index is 12.3. The largest absolute Gasteiger partial charge is 0.325 e. The summed E-state index contributed by atoms with van der Waals surface area (Å²) in [6.07, 6.45) is 1.54. The van der Waals surface area contributed by atoms with Gasteiger partial charge in [0.15, 0.2) is 5.16 Å². The summed E-state index contributed by atoms with van der Waals surface area (Å²) in [5.41, 5.74) is 2.47. The highest BCUT2D eigenvalue weighted by Crippen LogP contribution is 2.29. The molecule has 0 bridgehead atoms. The fourth-order valence-corrected chi connectivity index (χ4v) is 3.37. The van der Waals surface area contributed by atoms with Crippen LogP contribution >= 0.6 is 11.8 Å². The Balaban J connectivity index is 1.81. The molecular weight excluding hydrogens is 286 g/mol. The molecule has 1 aromatic carbocycles. The summed E-state index contributed by atoms with van der Waals surface area (Å²) < 4.78 is 0. The number of amides is 1. The molecule has 108 valence electrons. The van der Waals surface area contributed by atoms with Crippen LogP contribution in [0.1, 0.15) is 17.7 Å². The summed E-state index contributed by atoms with van der Waals surface area (Å²) in [5, 5.41) is 3.17. The summed E-state index contributed by atoms with van der Waals surface area (Å²) in [7, 11) is 0. The van der Waals surface area contributed by atoms with Crippen LogP contribution in [-0.2, 0) is 11.2 Å². The summed E-state index contributed by atoms with van der Waals surface area (Å²) in [6.45, 7) is 1.77. The molecule has 6 heteroatoms. The van der Waals surface area contributed by atoms with Crippen LogP contribution in [0, 0.1) is 6.92 Å². The van der Waals surface area contributed by atoms with Crippen molar-refractivity contribution in [2.24, 2.45) is 0 Å². The van der Waals surface area contributed by atoms with Crippen LogP contribution < -0.4 is 10.9 Å². The fourth-order valence-electron chi connectivity index (χ4n) is 2.35. The van der Waals surface area contributed by atoms with Gasteiger partial charge in [-0.1, -0.05) is 30.0 Å². The van der Waals surface area contributed by atoms with E-state index in [1.807, 2.05) is 24.3 Å². The van der Waals surface area contributed by atoms with Gasteiger partial charge < -0.3 is 10.3 Å². The van der Waals surface area contributed by atoms with Gasteiger partial charge in [-0.25, -0.2) is 4.98 Å². The van der Waals surface area contributed by atoms with Crippen molar-refractivity contribution >= 4 is 23.4 Å². The molecule has 1 aromatic heterocycles. The number of nitrogens with zero attached hydrogens (tertiary/aromatic N) is 1. The number of thioether (sulfide) groups is 1. The molecule has 3 rings (SSSR count). The second-order valence-electron chi connectivity index (χ2n) is 4.98. The maximum atomic E-state index is 12.3. The van der Waals surface area contributed by atoms with Gasteiger partial charge in [-0.2, -0.15) is 0 Å². The molecule has 2 aromatic rings. The van der Waals surface area contributed by atoms with Crippen LogP contribution in [0.3, 0.4) is 0 Å². The predicted octanol–water partition coefficient (Wildman–Crippen LogP) is 2.12. The Kier molecular flexibility index (Phi) is 3.79. The van der Waals surface area contributed by atoms with E-state index in [2.05, 4.69) is 15.3 Å². The van der Waals surface area contributed by atoms with Crippen molar-refractivity contribution < 1.29 is 4.79 Å².